The van der Waals surface area contributed by atoms with Crippen LogP contribution in [0.15, 0.2) is 23.0 Å². The number of thiophene rings is 1. The van der Waals surface area contributed by atoms with E-state index in [9.17, 15) is 9.59 Å². The lowest BCUT2D eigenvalue weighted by atomic mass is 9.97. The second-order valence-corrected chi connectivity index (χ2v) is 9.28. The molecule has 7 heteroatoms. The average Bonchev–Trinajstić information content (AvgIpc) is 3.03. The number of carbonyl (C=O) groups is 1. The van der Waals surface area contributed by atoms with Gasteiger partial charge in [-0.05, 0) is 56.2 Å². The van der Waals surface area contributed by atoms with Crippen molar-refractivity contribution in [2.24, 2.45) is 0 Å². The number of amides is 1. The summed E-state index contributed by atoms with van der Waals surface area (Å²) in [6, 6.07) is 5.95. The third kappa shape index (κ3) is 3.86. The summed E-state index contributed by atoms with van der Waals surface area (Å²) < 4.78 is 0. The molecule has 1 aromatic carbocycles. The minimum atomic E-state index is -0.0441. The second kappa shape index (κ2) is 8.09. The smallest absolute Gasteiger partial charge is 0.259 e. The van der Waals surface area contributed by atoms with E-state index in [1.807, 2.05) is 32.0 Å². The van der Waals surface area contributed by atoms with Gasteiger partial charge in [0.1, 0.15) is 10.7 Å². The number of aryl methyl sites for hydroxylation is 4. The van der Waals surface area contributed by atoms with Crippen molar-refractivity contribution in [3.63, 3.8) is 0 Å². The number of benzene rings is 1. The van der Waals surface area contributed by atoms with Crippen molar-refractivity contribution in [1.29, 1.82) is 0 Å². The monoisotopic (exact) mass is 413 g/mol. The van der Waals surface area contributed by atoms with Crippen LogP contribution in [-0.2, 0) is 23.4 Å². The van der Waals surface area contributed by atoms with Gasteiger partial charge in [0.15, 0.2) is 0 Å². The molecular formula is C21H23N3O2S2. The lowest BCUT2D eigenvalue weighted by Crippen LogP contribution is -2.16. The van der Waals surface area contributed by atoms with Crippen LogP contribution in [0.2, 0.25) is 0 Å². The van der Waals surface area contributed by atoms with Gasteiger partial charge in [0.05, 0.1) is 16.9 Å². The molecule has 1 aliphatic carbocycles. The van der Waals surface area contributed by atoms with Crippen LogP contribution in [0, 0.1) is 13.8 Å². The number of aromatic nitrogens is 2. The van der Waals surface area contributed by atoms with Gasteiger partial charge in [0.2, 0.25) is 5.91 Å². The fraction of sp³-hybridized carbons (Fsp3) is 0.381. The molecule has 0 bridgehead atoms. The molecule has 28 heavy (non-hydrogen) atoms. The van der Waals surface area contributed by atoms with E-state index < -0.39 is 0 Å². The van der Waals surface area contributed by atoms with Crippen molar-refractivity contribution in [3.8, 4) is 0 Å². The van der Waals surface area contributed by atoms with Gasteiger partial charge in [0.25, 0.3) is 5.56 Å². The van der Waals surface area contributed by atoms with E-state index >= 15 is 0 Å². The van der Waals surface area contributed by atoms with Gasteiger partial charge in [-0.25, -0.2) is 4.98 Å². The number of H-pyrrole nitrogens is 1. The Morgan fingerprint density at radius 1 is 1.25 bits per heavy atom. The number of hydrogen-bond acceptors (Lipinski definition) is 5. The van der Waals surface area contributed by atoms with Gasteiger partial charge in [-0.2, -0.15) is 0 Å². The highest BCUT2D eigenvalue weighted by atomic mass is 32.2. The summed E-state index contributed by atoms with van der Waals surface area (Å²) in [6.45, 7) is 3.97. The van der Waals surface area contributed by atoms with E-state index in [4.69, 9.17) is 0 Å². The first-order valence-corrected chi connectivity index (χ1v) is 11.5. The summed E-state index contributed by atoms with van der Waals surface area (Å²) in [4.78, 5) is 34.6. The molecule has 4 rings (SSSR count). The van der Waals surface area contributed by atoms with Crippen molar-refractivity contribution >= 4 is 44.9 Å². The molecule has 0 saturated carbocycles. The lowest BCUT2D eigenvalue weighted by molar-refractivity contribution is -0.113. The van der Waals surface area contributed by atoms with Gasteiger partial charge in [0, 0.05) is 10.6 Å². The van der Waals surface area contributed by atoms with E-state index in [2.05, 4.69) is 15.3 Å². The number of aromatic amines is 1. The molecule has 2 N–H and O–H groups in total. The lowest BCUT2D eigenvalue weighted by Gasteiger charge is -2.11. The zero-order chi connectivity index (χ0) is 19.7. The number of nitrogens with one attached hydrogen (secondary N) is 2. The number of anilines is 1. The molecule has 0 atom stereocenters. The number of rotatable bonds is 5. The SMILES string of the molecule is Cc1cccc(C)c1NC(=O)CSCc1nc2sc3c(c2c(=O)[nH]1)CCCC3. The molecule has 0 radical (unpaired) electrons. The predicted molar refractivity (Wildman–Crippen MR) is 118 cm³/mol. The number of fused-ring (bicyclic) bond motifs is 3. The molecular weight excluding hydrogens is 390 g/mol. The third-order valence-corrected chi connectivity index (χ3v) is 7.22. The molecule has 0 aliphatic heterocycles. The second-order valence-electron chi connectivity index (χ2n) is 7.21. The summed E-state index contributed by atoms with van der Waals surface area (Å²) in [5.41, 5.74) is 4.14. The van der Waals surface area contributed by atoms with Crippen LogP contribution >= 0.6 is 23.1 Å². The minimum Gasteiger partial charge on any atom is -0.325 e. The average molecular weight is 414 g/mol. The zero-order valence-corrected chi connectivity index (χ0v) is 17.7. The Balaban J connectivity index is 1.42. The molecule has 2 aromatic heterocycles. The first-order chi connectivity index (χ1) is 13.5. The maximum Gasteiger partial charge on any atom is 0.259 e. The van der Waals surface area contributed by atoms with E-state index in [-0.39, 0.29) is 11.5 Å². The van der Waals surface area contributed by atoms with Crippen LogP contribution in [0.5, 0.6) is 0 Å². The molecule has 1 aliphatic rings. The summed E-state index contributed by atoms with van der Waals surface area (Å²) in [7, 11) is 0. The van der Waals surface area contributed by atoms with Crippen LogP contribution in [0.3, 0.4) is 0 Å². The van der Waals surface area contributed by atoms with E-state index in [0.29, 0.717) is 17.3 Å². The highest BCUT2D eigenvalue weighted by Crippen LogP contribution is 2.33. The van der Waals surface area contributed by atoms with E-state index in [0.717, 1.165) is 46.3 Å². The quantitative estimate of drug-likeness (QED) is 0.652. The first kappa shape index (κ1) is 19.2. The Hall–Kier alpha value is -2.12. The van der Waals surface area contributed by atoms with Crippen molar-refractivity contribution in [3.05, 3.63) is 55.9 Å². The van der Waals surface area contributed by atoms with Crippen LogP contribution in [-0.4, -0.2) is 21.6 Å². The summed E-state index contributed by atoms with van der Waals surface area (Å²) in [5, 5.41) is 3.77. The molecule has 0 fully saturated rings. The standard InChI is InChI=1S/C21H23N3O2S2/c1-12-6-5-7-13(2)19(12)24-17(25)11-27-10-16-22-20(26)18-14-8-3-4-9-15(14)28-21(18)23-16/h5-7H,3-4,8-11H2,1-2H3,(H,24,25)(H,22,23,26). The molecule has 2 heterocycles. The minimum absolute atomic E-state index is 0.0417. The highest BCUT2D eigenvalue weighted by Gasteiger charge is 2.19. The maximum atomic E-state index is 12.6. The predicted octanol–water partition coefficient (Wildman–Crippen LogP) is 4.35. The molecule has 5 nitrogen and oxygen atoms in total. The van der Waals surface area contributed by atoms with Gasteiger partial charge in [-0.15, -0.1) is 23.1 Å². The maximum absolute atomic E-state index is 12.6. The molecule has 0 spiro atoms. The van der Waals surface area contributed by atoms with Gasteiger partial charge in [-0.1, -0.05) is 18.2 Å². The van der Waals surface area contributed by atoms with Crippen LogP contribution in [0.25, 0.3) is 10.2 Å². The Morgan fingerprint density at radius 3 is 2.79 bits per heavy atom. The Labute approximate surface area is 172 Å². The van der Waals surface area contributed by atoms with Crippen LogP contribution in [0.4, 0.5) is 5.69 Å². The topological polar surface area (TPSA) is 74.8 Å². The zero-order valence-electron chi connectivity index (χ0n) is 16.1. The molecule has 0 saturated heterocycles. The number of thioether (sulfide) groups is 1. The van der Waals surface area contributed by atoms with Crippen LogP contribution < -0.4 is 10.9 Å². The number of carbonyl (C=O) groups excluding carboxylic acids is 1. The van der Waals surface area contributed by atoms with Gasteiger partial charge >= 0.3 is 0 Å². The summed E-state index contributed by atoms with van der Waals surface area (Å²) in [6.07, 6.45) is 4.37. The molecule has 1 amide bonds. The Kier molecular flexibility index (Phi) is 5.55. The molecule has 0 unspecified atom stereocenters. The van der Waals surface area contributed by atoms with E-state index in [1.165, 1.54) is 28.6 Å². The molecule has 146 valence electrons. The summed E-state index contributed by atoms with van der Waals surface area (Å²) in [5.74, 6) is 1.42. The summed E-state index contributed by atoms with van der Waals surface area (Å²) >= 11 is 3.11. The van der Waals surface area contributed by atoms with Crippen molar-refractivity contribution in [2.45, 2.75) is 45.3 Å². The number of hydrogen-bond donors (Lipinski definition) is 2. The van der Waals surface area contributed by atoms with Crippen molar-refractivity contribution in [1.82, 2.24) is 9.97 Å². The van der Waals surface area contributed by atoms with Crippen molar-refractivity contribution < 1.29 is 4.79 Å². The first-order valence-electron chi connectivity index (χ1n) is 9.50. The van der Waals surface area contributed by atoms with Crippen molar-refractivity contribution in [2.75, 3.05) is 11.1 Å². The fourth-order valence-corrected chi connectivity index (χ4v) is 5.67. The normalized spacial score (nSPS) is 13.5. The van der Waals surface area contributed by atoms with Gasteiger partial charge in [-0.3, -0.25) is 9.59 Å². The van der Waals surface area contributed by atoms with Gasteiger partial charge < -0.3 is 10.3 Å². The Bertz CT molecular complexity index is 1080. The van der Waals surface area contributed by atoms with Crippen LogP contribution in [0.1, 0.15) is 40.2 Å². The largest absolute Gasteiger partial charge is 0.325 e. The number of nitrogens with zero attached hydrogens (tertiary/aromatic N) is 1. The Morgan fingerprint density at radius 2 is 2.00 bits per heavy atom. The molecule has 3 aromatic rings. The highest BCUT2D eigenvalue weighted by molar-refractivity contribution is 7.99. The fourth-order valence-electron chi connectivity index (χ4n) is 3.70. The third-order valence-electron chi connectivity index (χ3n) is 5.09. The number of para-hydroxylation sites is 1. The van der Waals surface area contributed by atoms with E-state index in [1.54, 1.807) is 11.3 Å².